The minimum Gasteiger partial charge on any atom is -0.455 e. The number of benzene rings is 2. The maximum absolute atomic E-state index is 14.1. The summed E-state index contributed by atoms with van der Waals surface area (Å²) < 4.78 is 33.8. The molecule has 32 heavy (non-hydrogen) atoms. The van der Waals surface area contributed by atoms with Gasteiger partial charge in [0.25, 0.3) is 0 Å². The van der Waals surface area contributed by atoms with Crippen LogP contribution in [0, 0.1) is 36.8 Å². The highest BCUT2D eigenvalue weighted by Crippen LogP contribution is 2.33. The Morgan fingerprint density at radius 3 is 2.66 bits per heavy atom. The van der Waals surface area contributed by atoms with Crippen molar-refractivity contribution in [2.75, 3.05) is 5.32 Å². The van der Waals surface area contributed by atoms with Crippen LogP contribution in [-0.2, 0) is 0 Å². The van der Waals surface area contributed by atoms with E-state index in [1.165, 1.54) is 6.07 Å². The number of nitriles is 1. The van der Waals surface area contributed by atoms with Gasteiger partial charge in [0.05, 0.1) is 17.1 Å². The van der Waals surface area contributed by atoms with Gasteiger partial charge in [-0.05, 0) is 56.7 Å². The number of aromatic nitrogens is 1. The van der Waals surface area contributed by atoms with Gasteiger partial charge in [-0.15, -0.1) is 0 Å². The molecule has 0 aliphatic heterocycles. The molecule has 0 aliphatic rings. The van der Waals surface area contributed by atoms with Gasteiger partial charge in [-0.25, -0.2) is 8.78 Å². The van der Waals surface area contributed by atoms with Gasteiger partial charge >= 0.3 is 0 Å². The predicted molar refractivity (Wildman–Crippen MR) is 118 cm³/mol. The average Bonchev–Trinajstić information content (AvgIpc) is 2.79. The van der Waals surface area contributed by atoms with Crippen molar-refractivity contribution in [3.05, 3.63) is 92.9 Å². The molecule has 4 rings (SSSR count). The molecule has 0 spiro atoms. The number of fused-ring (bicyclic) bond motifs is 1. The molecule has 5 nitrogen and oxygen atoms in total. The summed E-state index contributed by atoms with van der Waals surface area (Å²) in [6, 6.07) is 10.7. The fraction of sp³-hybridized carbons (Fsp3) is 0.160. The summed E-state index contributed by atoms with van der Waals surface area (Å²) in [6.07, 6.45) is 3.25. The number of aryl methyl sites for hydroxylation is 1. The number of anilines is 1. The molecule has 0 saturated carbocycles. The second kappa shape index (κ2) is 8.23. The summed E-state index contributed by atoms with van der Waals surface area (Å²) in [7, 11) is 0. The van der Waals surface area contributed by atoms with Crippen molar-refractivity contribution in [1.82, 2.24) is 4.98 Å². The summed E-state index contributed by atoms with van der Waals surface area (Å²) in [4.78, 5) is 17.3. The Morgan fingerprint density at radius 2 is 1.97 bits per heavy atom. The number of rotatable bonds is 4. The quantitative estimate of drug-likeness (QED) is 0.442. The average molecular weight is 431 g/mol. The van der Waals surface area contributed by atoms with E-state index >= 15 is 0 Å². The Hall–Kier alpha value is -4.05. The summed E-state index contributed by atoms with van der Waals surface area (Å²) in [6.45, 7) is 5.36. The number of hydrogen-bond acceptors (Lipinski definition) is 5. The zero-order chi connectivity index (χ0) is 23.0. The number of halogens is 2. The molecule has 0 aliphatic carbocycles. The van der Waals surface area contributed by atoms with E-state index in [4.69, 9.17) is 4.42 Å². The molecule has 160 valence electrons. The lowest BCUT2D eigenvalue weighted by Gasteiger charge is -2.19. The molecule has 0 bridgehead atoms. The van der Waals surface area contributed by atoms with Crippen molar-refractivity contribution in [2.24, 2.45) is 0 Å². The first-order valence-corrected chi connectivity index (χ1v) is 9.94. The van der Waals surface area contributed by atoms with E-state index in [1.807, 2.05) is 13.0 Å². The minimum absolute atomic E-state index is 0.149. The molecule has 0 fully saturated rings. The van der Waals surface area contributed by atoms with Gasteiger partial charge in [-0.1, -0.05) is 6.07 Å². The van der Waals surface area contributed by atoms with Gasteiger partial charge in [0.1, 0.15) is 23.0 Å². The number of pyridine rings is 1. The number of hydrogen-bond donors (Lipinski definition) is 1. The summed E-state index contributed by atoms with van der Waals surface area (Å²) in [5.74, 6) is -1.89. The Kier molecular flexibility index (Phi) is 5.45. The van der Waals surface area contributed by atoms with E-state index in [2.05, 4.69) is 10.3 Å². The molecule has 1 unspecified atom stereocenters. The van der Waals surface area contributed by atoms with Crippen LogP contribution in [0.5, 0.6) is 0 Å². The Morgan fingerprint density at radius 1 is 1.19 bits per heavy atom. The molecule has 0 amide bonds. The Balaban J connectivity index is 1.90. The van der Waals surface area contributed by atoms with Crippen molar-refractivity contribution in [3.63, 3.8) is 0 Å². The van der Waals surface area contributed by atoms with Crippen molar-refractivity contribution < 1.29 is 13.2 Å². The largest absolute Gasteiger partial charge is 0.455 e. The standard InChI is InChI=1S/C25H19F2N3O2/c1-13-9-17(15(3)30-21-7-6-20(26)22(27)19(21)11-28)25-18(10-13)23(31)14(2)24(32-25)16-5-4-8-29-12-16/h4-10,12,15,30H,1-3H3. The van der Waals surface area contributed by atoms with Gasteiger partial charge < -0.3 is 9.73 Å². The van der Waals surface area contributed by atoms with E-state index in [9.17, 15) is 18.8 Å². The highest BCUT2D eigenvalue weighted by molar-refractivity contribution is 5.84. The van der Waals surface area contributed by atoms with Crippen molar-refractivity contribution in [3.8, 4) is 17.4 Å². The molecule has 4 aromatic rings. The lowest BCUT2D eigenvalue weighted by Crippen LogP contribution is -2.13. The Labute approximate surface area is 183 Å². The SMILES string of the molecule is Cc1cc(C(C)Nc2ccc(F)c(F)c2C#N)c2oc(-c3cccnc3)c(C)c(=O)c2c1. The normalized spacial score (nSPS) is 11.9. The zero-order valence-electron chi connectivity index (χ0n) is 17.7. The van der Waals surface area contributed by atoms with E-state index in [-0.39, 0.29) is 11.1 Å². The fourth-order valence-corrected chi connectivity index (χ4v) is 3.75. The highest BCUT2D eigenvalue weighted by atomic mass is 19.2. The Bertz CT molecular complexity index is 1440. The molecular weight excluding hydrogens is 412 g/mol. The van der Waals surface area contributed by atoms with Crippen LogP contribution in [0.3, 0.4) is 0 Å². The van der Waals surface area contributed by atoms with Crippen LogP contribution in [0.15, 0.2) is 58.0 Å². The highest BCUT2D eigenvalue weighted by Gasteiger charge is 2.21. The van der Waals surface area contributed by atoms with Crippen LogP contribution in [0.2, 0.25) is 0 Å². The van der Waals surface area contributed by atoms with Crippen LogP contribution >= 0.6 is 0 Å². The van der Waals surface area contributed by atoms with E-state index in [1.54, 1.807) is 50.5 Å². The third-order valence-corrected chi connectivity index (χ3v) is 5.36. The third kappa shape index (κ3) is 3.60. The van der Waals surface area contributed by atoms with Gasteiger partial charge in [-0.2, -0.15) is 5.26 Å². The topological polar surface area (TPSA) is 78.9 Å². The minimum atomic E-state index is -1.21. The first kappa shape index (κ1) is 21.2. The van der Waals surface area contributed by atoms with Crippen LogP contribution < -0.4 is 10.7 Å². The fourth-order valence-electron chi connectivity index (χ4n) is 3.75. The van der Waals surface area contributed by atoms with Crippen molar-refractivity contribution >= 4 is 16.7 Å². The monoisotopic (exact) mass is 431 g/mol. The molecule has 0 saturated heterocycles. The smallest absolute Gasteiger partial charge is 0.196 e. The molecular formula is C25H19F2N3O2. The molecule has 1 N–H and O–H groups in total. The number of nitrogens with zero attached hydrogens (tertiary/aromatic N) is 2. The van der Waals surface area contributed by atoms with E-state index < -0.39 is 23.2 Å². The zero-order valence-corrected chi connectivity index (χ0v) is 17.7. The maximum Gasteiger partial charge on any atom is 0.196 e. The second-order valence-corrected chi connectivity index (χ2v) is 7.62. The van der Waals surface area contributed by atoms with Crippen LogP contribution in [0.25, 0.3) is 22.3 Å². The van der Waals surface area contributed by atoms with Crippen LogP contribution in [-0.4, -0.2) is 4.98 Å². The maximum atomic E-state index is 14.1. The van der Waals surface area contributed by atoms with Gasteiger partial charge in [0, 0.05) is 29.1 Å². The first-order chi connectivity index (χ1) is 15.3. The summed E-state index contributed by atoms with van der Waals surface area (Å²) in [5.41, 5.74) is 2.58. The van der Waals surface area contributed by atoms with Gasteiger partial charge in [0.15, 0.2) is 17.1 Å². The molecule has 2 heterocycles. The van der Waals surface area contributed by atoms with Crippen molar-refractivity contribution in [1.29, 1.82) is 5.26 Å². The van der Waals surface area contributed by atoms with Crippen molar-refractivity contribution in [2.45, 2.75) is 26.8 Å². The summed E-state index contributed by atoms with van der Waals surface area (Å²) in [5, 5.41) is 12.8. The molecule has 2 aromatic heterocycles. The molecule has 1 atom stereocenters. The van der Waals surface area contributed by atoms with Crippen LogP contribution in [0.1, 0.15) is 35.2 Å². The predicted octanol–water partition coefficient (Wildman–Crippen LogP) is 5.79. The molecule has 2 aromatic carbocycles. The molecule has 0 radical (unpaired) electrons. The van der Waals surface area contributed by atoms with Gasteiger partial charge in [-0.3, -0.25) is 9.78 Å². The third-order valence-electron chi connectivity index (χ3n) is 5.36. The van der Waals surface area contributed by atoms with E-state index in [0.29, 0.717) is 33.4 Å². The van der Waals surface area contributed by atoms with E-state index in [0.717, 1.165) is 11.6 Å². The first-order valence-electron chi connectivity index (χ1n) is 9.94. The summed E-state index contributed by atoms with van der Waals surface area (Å²) >= 11 is 0. The molecule has 7 heteroatoms. The number of nitrogens with one attached hydrogen (secondary N) is 1. The lowest BCUT2D eigenvalue weighted by atomic mass is 9.99. The second-order valence-electron chi connectivity index (χ2n) is 7.62. The van der Waals surface area contributed by atoms with Gasteiger partial charge in [0.2, 0.25) is 0 Å². The van der Waals surface area contributed by atoms with Crippen LogP contribution in [0.4, 0.5) is 14.5 Å². The lowest BCUT2D eigenvalue weighted by molar-refractivity contribution is 0.506.